The van der Waals surface area contributed by atoms with Crippen LogP contribution < -0.4 is 0 Å². The van der Waals surface area contributed by atoms with Crippen molar-refractivity contribution in [2.75, 3.05) is 7.11 Å². The highest BCUT2D eigenvalue weighted by atomic mass is 16.5. The summed E-state index contributed by atoms with van der Waals surface area (Å²) in [5, 5.41) is 26.4. The Bertz CT molecular complexity index is 268. The fraction of sp³-hybridized carbons (Fsp3) is 0.833. The first kappa shape index (κ1) is 19.2. The van der Waals surface area contributed by atoms with Crippen molar-refractivity contribution in [2.45, 2.75) is 46.3 Å². The van der Waals surface area contributed by atoms with Gasteiger partial charge in [0.25, 0.3) is 0 Å². The first-order valence-corrected chi connectivity index (χ1v) is 5.70. The van der Waals surface area contributed by atoms with E-state index in [0.717, 1.165) is 0 Å². The van der Waals surface area contributed by atoms with Gasteiger partial charge in [0.1, 0.15) is 0 Å². The minimum absolute atomic E-state index is 0.0718. The lowest BCUT2D eigenvalue weighted by Crippen LogP contribution is -2.40. The molecule has 0 aromatic rings. The number of aliphatic hydroxyl groups is 2. The highest BCUT2D eigenvalue weighted by Crippen LogP contribution is 2.15. The van der Waals surface area contributed by atoms with E-state index in [0.29, 0.717) is 0 Å². The summed E-state index contributed by atoms with van der Waals surface area (Å²) < 4.78 is 4.28. The van der Waals surface area contributed by atoms with Gasteiger partial charge in [-0.15, -0.1) is 0 Å². The number of rotatable bonds is 4. The number of carboxylic acid groups (broad SMARTS) is 1. The Morgan fingerprint density at radius 3 is 1.61 bits per heavy atom. The third kappa shape index (κ3) is 6.56. The Balaban J connectivity index is 0. The maximum absolute atomic E-state index is 10.5. The Kier molecular flexibility index (Phi) is 8.59. The second kappa shape index (κ2) is 8.05. The molecule has 0 saturated heterocycles. The van der Waals surface area contributed by atoms with Crippen LogP contribution in [0, 0.1) is 11.8 Å². The molecule has 0 aliphatic carbocycles. The molecule has 0 radical (unpaired) electrons. The molecule has 0 aliphatic rings. The molecule has 6 nitrogen and oxygen atoms in total. The molecular formula is C12H24O6. The zero-order chi connectivity index (χ0) is 15.1. The standard InChI is InChI=1S/2C6H12O3/c1-4(2)6(3,9)5(7)8;1-4(2)5(7)6(8)9-3/h4,9H,1-3H3,(H,7,8);4-5,7H,1-3H3. The molecule has 2 unspecified atom stereocenters. The molecule has 0 aromatic heterocycles. The zero-order valence-corrected chi connectivity index (χ0v) is 11.8. The topological polar surface area (TPSA) is 104 Å². The lowest BCUT2D eigenvalue weighted by atomic mass is 9.93. The Morgan fingerprint density at radius 1 is 1.17 bits per heavy atom. The number of methoxy groups -OCH3 is 1. The summed E-state index contributed by atoms with van der Waals surface area (Å²) in [6.45, 7) is 8.12. The van der Waals surface area contributed by atoms with Crippen LogP contribution in [0.5, 0.6) is 0 Å². The van der Waals surface area contributed by atoms with Crippen molar-refractivity contribution in [3.8, 4) is 0 Å². The molecular weight excluding hydrogens is 240 g/mol. The van der Waals surface area contributed by atoms with Crippen LogP contribution in [-0.2, 0) is 14.3 Å². The summed E-state index contributed by atoms with van der Waals surface area (Å²) >= 11 is 0. The van der Waals surface area contributed by atoms with Gasteiger partial charge in [-0.05, 0) is 18.8 Å². The number of esters is 1. The number of carboxylic acids is 1. The lowest BCUT2D eigenvalue weighted by Gasteiger charge is -2.21. The molecule has 0 fully saturated rings. The van der Waals surface area contributed by atoms with E-state index < -0.39 is 23.6 Å². The minimum atomic E-state index is -1.58. The maximum Gasteiger partial charge on any atom is 0.335 e. The number of ether oxygens (including phenoxy) is 1. The van der Waals surface area contributed by atoms with Gasteiger partial charge in [0.05, 0.1) is 7.11 Å². The smallest absolute Gasteiger partial charge is 0.335 e. The van der Waals surface area contributed by atoms with Crippen LogP contribution in [0.4, 0.5) is 0 Å². The molecule has 0 bridgehead atoms. The van der Waals surface area contributed by atoms with Gasteiger partial charge in [0.15, 0.2) is 11.7 Å². The highest BCUT2D eigenvalue weighted by Gasteiger charge is 2.33. The van der Waals surface area contributed by atoms with Crippen LogP contribution in [0.15, 0.2) is 0 Å². The minimum Gasteiger partial charge on any atom is -0.479 e. The van der Waals surface area contributed by atoms with Crippen LogP contribution in [-0.4, -0.2) is 46.1 Å². The fourth-order valence-electron chi connectivity index (χ4n) is 0.640. The quantitative estimate of drug-likeness (QED) is 0.644. The lowest BCUT2D eigenvalue weighted by molar-refractivity contribution is -0.161. The summed E-state index contributed by atoms with van der Waals surface area (Å²) in [6.07, 6.45) is -0.977. The summed E-state index contributed by atoms with van der Waals surface area (Å²) in [5.74, 6) is -2.06. The number of aliphatic carboxylic acids is 1. The Morgan fingerprint density at radius 2 is 1.56 bits per heavy atom. The molecule has 0 aliphatic heterocycles. The van der Waals surface area contributed by atoms with Crippen LogP contribution in [0.3, 0.4) is 0 Å². The molecule has 0 spiro atoms. The van der Waals surface area contributed by atoms with Crippen molar-refractivity contribution in [2.24, 2.45) is 11.8 Å². The maximum atomic E-state index is 10.5. The largest absolute Gasteiger partial charge is 0.479 e. The molecule has 0 aromatic carbocycles. The van der Waals surface area contributed by atoms with E-state index in [1.54, 1.807) is 27.7 Å². The number of aliphatic hydroxyl groups excluding tert-OH is 1. The van der Waals surface area contributed by atoms with Crippen molar-refractivity contribution in [3.05, 3.63) is 0 Å². The Hall–Kier alpha value is -1.14. The summed E-state index contributed by atoms with van der Waals surface area (Å²) in [4.78, 5) is 20.7. The van der Waals surface area contributed by atoms with Gasteiger partial charge in [-0.2, -0.15) is 0 Å². The SMILES string of the molecule is CC(C)C(C)(O)C(=O)O.COC(=O)C(O)C(C)C. The number of hydrogen-bond donors (Lipinski definition) is 3. The first-order valence-electron chi connectivity index (χ1n) is 5.70. The normalized spacial score (nSPS) is 15.4. The number of carbonyl (C=O) groups is 2. The van der Waals surface area contributed by atoms with Crippen LogP contribution in [0.25, 0.3) is 0 Å². The van der Waals surface area contributed by atoms with Crippen molar-refractivity contribution >= 4 is 11.9 Å². The average molecular weight is 264 g/mol. The van der Waals surface area contributed by atoms with Gasteiger partial charge in [-0.1, -0.05) is 27.7 Å². The van der Waals surface area contributed by atoms with Gasteiger partial charge in [0.2, 0.25) is 0 Å². The van der Waals surface area contributed by atoms with E-state index in [1.807, 2.05) is 0 Å². The molecule has 108 valence electrons. The van der Waals surface area contributed by atoms with Gasteiger partial charge in [0, 0.05) is 0 Å². The third-order valence-corrected chi connectivity index (χ3v) is 2.63. The first-order chi connectivity index (χ1) is 7.98. The zero-order valence-electron chi connectivity index (χ0n) is 11.8. The molecule has 3 N–H and O–H groups in total. The highest BCUT2D eigenvalue weighted by molar-refractivity contribution is 5.76. The predicted octanol–water partition coefficient (Wildman–Crippen LogP) is 0.654. The molecule has 18 heavy (non-hydrogen) atoms. The van der Waals surface area contributed by atoms with Gasteiger partial charge in [-0.3, -0.25) is 0 Å². The second-order valence-electron chi connectivity index (χ2n) is 4.82. The summed E-state index contributed by atoms with van der Waals surface area (Å²) in [5.41, 5.74) is -1.58. The van der Waals surface area contributed by atoms with Gasteiger partial charge in [-0.25, -0.2) is 9.59 Å². The Labute approximate surface area is 108 Å². The molecule has 2 atom stereocenters. The van der Waals surface area contributed by atoms with Crippen molar-refractivity contribution in [3.63, 3.8) is 0 Å². The molecule has 0 heterocycles. The molecule has 0 saturated carbocycles. The number of carbonyl (C=O) groups excluding carboxylic acids is 1. The van der Waals surface area contributed by atoms with Gasteiger partial charge < -0.3 is 20.1 Å². The van der Waals surface area contributed by atoms with Crippen LogP contribution >= 0.6 is 0 Å². The summed E-state index contributed by atoms with van der Waals surface area (Å²) in [7, 11) is 1.26. The van der Waals surface area contributed by atoms with Crippen LogP contribution in [0.1, 0.15) is 34.6 Å². The van der Waals surface area contributed by atoms with E-state index in [1.165, 1.54) is 14.0 Å². The van der Waals surface area contributed by atoms with Crippen molar-refractivity contribution in [1.29, 1.82) is 0 Å². The molecule has 0 amide bonds. The van der Waals surface area contributed by atoms with E-state index in [2.05, 4.69) is 4.74 Å². The van der Waals surface area contributed by atoms with Crippen LogP contribution in [0.2, 0.25) is 0 Å². The monoisotopic (exact) mass is 264 g/mol. The predicted molar refractivity (Wildman–Crippen MR) is 66.0 cm³/mol. The summed E-state index contributed by atoms with van der Waals surface area (Å²) in [6, 6.07) is 0. The van der Waals surface area contributed by atoms with E-state index in [9.17, 15) is 9.59 Å². The fourth-order valence-corrected chi connectivity index (χ4v) is 0.640. The average Bonchev–Trinajstić information content (AvgIpc) is 2.27. The second-order valence-corrected chi connectivity index (χ2v) is 4.82. The number of hydrogen-bond acceptors (Lipinski definition) is 5. The van der Waals surface area contributed by atoms with E-state index in [-0.39, 0.29) is 11.8 Å². The van der Waals surface area contributed by atoms with E-state index in [4.69, 9.17) is 15.3 Å². The van der Waals surface area contributed by atoms with Crippen molar-refractivity contribution < 1.29 is 29.6 Å². The molecule has 6 heteroatoms. The molecule has 0 rings (SSSR count). The van der Waals surface area contributed by atoms with Crippen molar-refractivity contribution in [1.82, 2.24) is 0 Å². The van der Waals surface area contributed by atoms with Gasteiger partial charge >= 0.3 is 11.9 Å². The third-order valence-electron chi connectivity index (χ3n) is 2.63. The van der Waals surface area contributed by atoms with E-state index >= 15 is 0 Å².